The molecule has 0 heterocycles. The van der Waals surface area contributed by atoms with Crippen molar-refractivity contribution >= 4 is 0 Å². The second-order valence-electron chi connectivity index (χ2n) is 3.51. The monoisotopic (exact) mass is 166 g/mol. The lowest BCUT2D eigenvalue weighted by Gasteiger charge is -2.29. The predicted octanol–water partition coefficient (Wildman–Crippen LogP) is 1.15. The summed E-state index contributed by atoms with van der Waals surface area (Å²) in [5.74, 6) is 0. The van der Waals surface area contributed by atoms with Crippen molar-refractivity contribution in [3.63, 3.8) is 0 Å². The van der Waals surface area contributed by atoms with Gasteiger partial charge in [-0.2, -0.15) is 0 Å². The van der Waals surface area contributed by atoms with Gasteiger partial charge < -0.3 is 10.2 Å². The molecular weight excluding hydrogens is 152 g/mol. The van der Waals surface area contributed by atoms with Gasteiger partial charge in [-0.3, -0.25) is 0 Å². The largest absolute Gasteiger partial charge is 0.388 e. The van der Waals surface area contributed by atoms with E-state index in [2.05, 4.69) is 12.2 Å². The maximum atomic E-state index is 9.60. The fourth-order valence-electron chi connectivity index (χ4n) is 2.00. The first-order valence-corrected chi connectivity index (χ1v) is 4.55. The number of rotatable bonds is 0. The summed E-state index contributed by atoms with van der Waals surface area (Å²) in [4.78, 5) is 0. The van der Waals surface area contributed by atoms with E-state index in [4.69, 9.17) is 0 Å². The van der Waals surface area contributed by atoms with E-state index in [9.17, 15) is 10.2 Å². The molecule has 2 N–H and O–H groups in total. The van der Waals surface area contributed by atoms with Crippen molar-refractivity contribution < 1.29 is 10.2 Å². The standard InChI is InChI=1S/C10H14O2/c11-9-5-1-3-7-8(9)4-2-6-10(7)12/h3-4,9-12H,1-2,5-6H2. The van der Waals surface area contributed by atoms with Gasteiger partial charge in [0.1, 0.15) is 0 Å². The quantitative estimate of drug-likeness (QED) is 0.566. The first-order chi connectivity index (χ1) is 5.79. The minimum atomic E-state index is -0.333. The summed E-state index contributed by atoms with van der Waals surface area (Å²) in [6.45, 7) is 0. The SMILES string of the molecule is OC1CCC=C2C1=CCCC2O. The zero-order chi connectivity index (χ0) is 8.55. The smallest absolute Gasteiger partial charge is 0.0793 e. The molecule has 2 atom stereocenters. The molecule has 2 rings (SSSR count). The third-order valence-electron chi connectivity index (χ3n) is 2.66. The molecule has 2 heteroatoms. The maximum Gasteiger partial charge on any atom is 0.0793 e. The van der Waals surface area contributed by atoms with Crippen molar-refractivity contribution in [1.82, 2.24) is 0 Å². The van der Waals surface area contributed by atoms with E-state index in [0.717, 1.165) is 36.8 Å². The zero-order valence-electron chi connectivity index (χ0n) is 7.03. The Labute approximate surface area is 72.2 Å². The van der Waals surface area contributed by atoms with Crippen LogP contribution < -0.4 is 0 Å². The zero-order valence-corrected chi connectivity index (χ0v) is 7.03. The van der Waals surface area contributed by atoms with Crippen molar-refractivity contribution in [3.05, 3.63) is 23.3 Å². The van der Waals surface area contributed by atoms with E-state index in [0.29, 0.717) is 0 Å². The fourth-order valence-corrected chi connectivity index (χ4v) is 2.00. The molecule has 0 aromatic rings. The van der Waals surface area contributed by atoms with Crippen LogP contribution in [0.2, 0.25) is 0 Å². The Morgan fingerprint density at radius 2 is 1.33 bits per heavy atom. The highest BCUT2D eigenvalue weighted by Gasteiger charge is 2.26. The summed E-state index contributed by atoms with van der Waals surface area (Å²) in [6.07, 6.45) is 6.85. The van der Waals surface area contributed by atoms with Crippen LogP contribution in [-0.2, 0) is 0 Å². The van der Waals surface area contributed by atoms with E-state index in [1.54, 1.807) is 0 Å². The highest BCUT2D eigenvalue weighted by Crippen LogP contribution is 2.32. The van der Waals surface area contributed by atoms with Crippen LogP contribution in [-0.4, -0.2) is 22.4 Å². The van der Waals surface area contributed by atoms with E-state index >= 15 is 0 Å². The molecule has 0 aromatic carbocycles. The van der Waals surface area contributed by atoms with Gasteiger partial charge >= 0.3 is 0 Å². The lowest BCUT2D eigenvalue weighted by molar-refractivity contribution is 0.164. The van der Waals surface area contributed by atoms with Crippen LogP contribution in [0.1, 0.15) is 25.7 Å². The molecule has 0 bridgehead atoms. The van der Waals surface area contributed by atoms with Gasteiger partial charge in [-0.25, -0.2) is 0 Å². The van der Waals surface area contributed by atoms with Gasteiger partial charge in [0.2, 0.25) is 0 Å². The van der Waals surface area contributed by atoms with Crippen molar-refractivity contribution in [2.75, 3.05) is 0 Å². The molecule has 2 unspecified atom stereocenters. The third kappa shape index (κ3) is 1.21. The van der Waals surface area contributed by atoms with Crippen LogP contribution in [0, 0.1) is 0 Å². The Morgan fingerprint density at radius 3 is 1.75 bits per heavy atom. The molecule has 0 spiro atoms. The molecule has 2 aliphatic carbocycles. The summed E-state index contributed by atoms with van der Waals surface area (Å²) in [7, 11) is 0. The molecule has 2 aliphatic rings. The Kier molecular flexibility index (Phi) is 2.03. The molecule has 12 heavy (non-hydrogen) atoms. The fraction of sp³-hybridized carbons (Fsp3) is 0.600. The second-order valence-corrected chi connectivity index (χ2v) is 3.51. The second kappa shape index (κ2) is 3.04. The van der Waals surface area contributed by atoms with Gasteiger partial charge in [0.15, 0.2) is 0 Å². The molecule has 0 saturated heterocycles. The molecule has 0 saturated carbocycles. The van der Waals surface area contributed by atoms with Crippen LogP contribution in [0.4, 0.5) is 0 Å². The number of aliphatic hydroxyl groups excluding tert-OH is 2. The van der Waals surface area contributed by atoms with Gasteiger partial charge in [-0.15, -0.1) is 0 Å². The van der Waals surface area contributed by atoms with E-state index in [-0.39, 0.29) is 12.2 Å². The number of allylic oxidation sites excluding steroid dienone is 2. The van der Waals surface area contributed by atoms with Gasteiger partial charge in [-0.1, -0.05) is 12.2 Å². The van der Waals surface area contributed by atoms with Crippen molar-refractivity contribution in [2.24, 2.45) is 0 Å². The average molecular weight is 166 g/mol. The van der Waals surface area contributed by atoms with Crippen LogP contribution in [0.5, 0.6) is 0 Å². The van der Waals surface area contributed by atoms with Gasteiger partial charge in [-0.05, 0) is 36.8 Å². The summed E-state index contributed by atoms with van der Waals surface area (Å²) < 4.78 is 0. The predicted molar refractivity (Wildman–Crippen MR) is 46.6 cm³/mol. The van der Waals surface area contributed by atoms with E-state index < -0.39 is 0 Å². The molecule has 0 fully saturated rings. The Bertz CT molecular complexity index is 214. The van der Waals surface area contributed by atoms with Crippen LogP contribution >= 0.6 is 0 Å². The van der Waals surface area contributed by atoms with Crippen molar-refractivity contribution in [3.8, 4) is 0 Å². The van der Waals surface area contributed by atoms with Gasteiger partial charge in [0, 0.05) is 0 Å². The Morgan fingerprint density at radius 1 is 0.917 bits per heavy atom. The van der Waals surface area contributed by atoms with Gasteiger partial charge in [0.05, 0.1) is 12.2 Å². The number of aliphatic hydroxyl groups is 2. The topological polar surface area (TPSA) is 40.5 Å². The number of hydrogen-bond donors (Lipinski definition) is 2. The van der Waals surface area contributed by atoms with E-state index in [1.807, 2.05) is 0 Å². The highest BCUT2D eigenvalue weighted by atomic mass is 16.3. The number of fused-ring (bicyclic) bond motifs is 1. The molecule has 0 radical (unpaired) electrons. The molecule has 2 nitrogen and oxygen atoms in total. The normalized spacial score (nSPS) is 35.2. The summed E-state index contributed by atoms with van der Waals surface area (Å²) >= 11 is 0. The Balaban J connectivity index is 2.32. The van der Waals surface area contributed by atoms with Crippen LogP contribution in [0.25, 0.3) is 0 Å². The third-order valence-corrected chi connectivity index (χ3v) is 2.66. The molecule has 66 valence electrons. The number of hydrogen-bond acceptors (Lipinski definition) is 2. The highest BCUT2D eigenvalue weighted by molar-refractivity contribution is 5.41. The summed E-state index contributed by atoms with van der Waals surface area (Å²) in [5.41, 5.74) is 1.94. The summed E-state index contributed by atoms with van der Waals surface area (Å²) in [6, 6.07) is 0. The molecule has 0 aromatic heterocycles. The maximum absolute atomic E-state index is 9.60. The van der Waals surface area contributed by atoms with Crippen molar-refractivity contribution in [2.45, 2.75) is 37.9 Å². The van der Waals surface area contributed by atoms with Crippen LogP contribution in [0.3, 0.4) is 0 Å². The van der Waals surface area contributed by atoms with Gasteiger partial charge in [0.25, 0.3) is 0 Å². The first kappa shape index (κ1) is 8.02. The Hall–Kier alpha value is -0.600. The van der Waals surface area contributed by atoms with E-state index in [1.165, 1.54) is 0 Å². The molecule has 0 aliphatic heterocycles. The van der Waals surface area contributed by atoms with Crippen molar-refractivity contribution in [1.29, 1.82) is 0 Å². The first-order valence-electron chi connectivity index (χ1n) is 4.55. The minimum Gasteiger partial charge on any atom is -0.388 e. The lowest BCUT2D eigenvalue weighted by atomic mass is 9.82. The molecular formula is C10H14O2. The molecule has 0 amide bonds. The lowest BCUT2D eigenvalue weighted by Crippen LogP contribution is -2.25. The summed E-state index contributed by atoms with van der Waals surface area (Å²) in [5, 5.41) is 19.2. The minimum absolute atomic E-state index is 0.333. The average Bonchev–Trinajstić information content (AvgIpc) is 2.07. The van der Waals surface area contributed by atoms with Crippen LogP contribution in [0.15, 0.2) is 23.3 Å².